The Hall–Kier alpha value is -1.36. The zero-order valence-corrected chi connectivity index (χ0v) is 8.42. The van der Waals surface area contributed by atoms with Gasteiger partial charge in [0.1, 0.15) is 0 Å². The predicted molar refractivity (Wildman–Crippen MR) is 54.1 cm³/mol. The summed E-state index contributed by atoms with van der Waals surface area (Å²) in [4.78, 5) is 19.0. The lowest BCUT2D eigenvalue weighted by atomic mass is 10.0. The Bertz CT molecular complexity index is 383. The predicted octanol–water partition coefficient (Wildman–Crippen LogP) is -0.297. The Morgan fingerprint density at radius 2 is 2.40 bits per heavy atom. The van der Waals surface area contributed by atoms with Gasteiger partial charge >= 0.3 is 0 Å². The third-order valence-electron chi connectivity index (χ3n) is 2.97. The van der Waals surface area contributed by atoms with Gasteiger partial charge in [-0.05, 0) is 12.8 Å². The first-order chi connectivity index (χ1) is 7.33. The number of hydrogen-bond donors (Lipinski definition) is 3. The van der Waals surface area contributed by atoms with E-state index in [1.54, 1.807) is 6.33 Å². The second-order valence-corrected chi connectivity index (χ2v) is 4.25. The van der Waals surface area contributed by atoms with Crippen LogP contribution < -0.4 is 10.6 Å². The lowest BCUT2D eigenvalue weighted by molar-refractivity contribution is -0.123. The van der Waals surface area contributed by atoms with Crippen molar-refractivity contribution in [3.05, 3.63) is 17.7 Å². The molecule has 15 heavy (non-hydrogen) atoms. The maximum Gasteiger partial charge on any atom is 0.237 e. The molecule has 3 N–H and O–H groups in total. The fourth-order valence-electron chi connectivity index (χ4n) is 1.88. The van der Waals surface area contributed by atoms with Gasteiger partial charge in [-0.25, -0.2) is 4.98 Å². The van der Waals surface area contributed by atoms with E-state index in [9.17, 15) is 4.79 Å². The zero-order valence-electron chi connectivity index (χ0n) is 8.42. The van der Waals surface area contributed by atoms with E-state index in [4.69, 9.17) is 0 Å². The van der Waals surface area contributed by atoms with Gasteiger partial charge in [-0.1, -0.05) is 0 Å². The molecule has 1 saturated carbocycles. The molecule has 0 saturated heterocycles. The second-order valence-electron chi connectivity index (χ2n) is 4.25. The van der Waals surface area contributed by atoms with Gasteiger partial charge in [0.05, 0.1) is 23.8 Å². The first-order valence-electron chi connectivity index (χ1n) is 5.38. The Morgan fingerprint density at radius 1 is 1.53 bits per heavy atom. The van der Waals surface area contributed by atoms with Gasteiger partial charge in [0.15, 0.2) is 0 Å². The Kier molecular flexibility index (Phi) is 1.98. The van der Waals surface area contributed by atoms with E-state index in [-0.39, 0.29) is 11.9 Å². The van der Waals surface area contributed by atoms with Gasteiger partial charge in [-0.15, -0.1) is 0 Å². The maximum atomic E-state index is 11.8. The minimum atomic E-state index is -0.110. The van der Waals surface area contributed by atoms with Crippen molar-refractivity contribution in [3.63, 3.8) is 0 Å². The number of rotatable bonds is 2. The van der Waals surface area contributed by atoms with Crippen molar-refractivity contribution < 1.29 is 4.79 Å². The van der Waals surface area contributed by atoms with Crippen molar-refractivity contribution in [2.75, 3.05) is 0 Å². The quantitative estimate of drug-likeness (QED) is 0.622. The smallest absolute Gasteiger partial charge is 0.237 e. The normalized spacial score (nSPS) is 24.7. The Labute approximate surface area is 87.7 Å². The number of H-pyrrole nitrogens is 1. The molecule has 1 unspecified atom stereocenters. The number of hydrogen-bond acceptors (Lipinski definition) is 3. The highest BCUT2D eigenvalue weighted by atomic mass is 16.2. The highest BCUT2D eigenvalue weighted by molar-refractivity contribution is 5.82. The van der Waals surface area contributed by atoms with Crippen molar-refractivity contribution in [1.82, 2.24) is 20.6 Å². The van der Waals surface area contributed by atoms with E-state index in [0.717, 1.165) is 24.2 Å². The highest BCUT2D eigenvalue weighted by Crippen LogP contribution is 2.19. The summed E-state index contributed by atoms with van der Waals surface area (Å²) in [6.07, 6.45) is 4.64. The second kappa shape index (κ2) is 3.34. The number of carbonyl (C=O) groups is 1. The van der Waals surface area contributed by atoms with Crippen LogP contribution in [0.2, 0.25) is 0 Å². The molecule has 0 bridgehead atoms. The van der Waals surface area contributed by atoms with Crippen molar-refractivity contribution >= 4 is 5.91 Å². The van der Waals surface area contributed by atoms with Crippen molar-refractivity contribution in [3.8, 4) is 0 Å². The number of nitrogens with one attached hydrogen (secondary N) is 3. The molecule has 3 rings (SSSR count). The first kappa shape index (κ1) is 8.91. The molecule has 80 valence electrons. The van der Waals surface area contributed by atoms with Crippen molar-refractivity contribution in [2.45, 2.75) is 37.9 Å². The number of aromatic nitrogens is 2. The van der Waals surface area contributed by atoms with E-state index in [1.165, 1.54) is 0 Å². The van der Waals surface area contributed by atoms with Crippen LogP contribution in [0, 0.1) is 0 Å². The maximum absolute atomic E-state index is 11.8. The lowest BCUT2D eigenvalue weighted by Gasteiger charge is -2.22. The molecular weight excluding hydrogens is 192 g/mol. The number of carbonyl (C=O) groups excluding carboxylic acids is 1. The molecule has 1 fully saturated rings. The fraction of sp³-hybridized carbons (Fsp3) is 0.600. The van der Waals surface area contributed by atoms with Crippen LogP contribution in [0.3, 0.4) is 0 Å². The molecule has 2 heterocycles. The average Bonchev–Trinajstić information content (AvgIpc) is 2.94. The molecule has 0 spiro atoms. The summed E-state index contributed by atoms with van der Waals surface area (Å²) in [7, 11) is 0. The number of fused-ring (bicyclic) bond motifs is 1. The molecule has 5 heteroatoms. The third kappa shape index (κ3) is 1.74. The summed E-state index contributed by atoms with van der Waals surface area (Å²) in [5.74, 6) is 0.117. The Balaban J connectivity index is 1.66. The monoisotopic (exact) mass is 206 g/mol. The molecule has 5 nitrogen and oxygen atoms in total. The van der Waals surface area contributed by atoms with Crippen LogP contribution in [0.15, 0.2) is 6.33 Å². The lowest BCUT2D eigenvalue weighted by Crippen LogP contribution is -2.48. The van der Waals surface area contributed by atoms with Crippen LogP contribution in [-0.4, -0.2) is 28.0 Å². The molecule has 1 aliphatic carbocycles. The van der Waals surface area contributed by atoms with E-state index >= 15 is 0 Å². The van der Waals surface area contributed by atoms with Crippen LogP contribution in [0.25, 0.3) is 0 Å². The van der Waals surface area contributed by atoms with Gasteiger partial charge in [-0.2, -0.15) is 0 Å². The Morgan fingerprint density at radius 3 is 3.20 bits per heavy atom. The number of aromatic amines is 1. The summed E-state index contributed by atoms with van der Waals surface area (Å²) < 4.78 is 0. The summed E-state index contributed by atoms with van der Waals surface area (Å²) in [6, 6.07) is 0.321. The van der Waals surface area contributed by atoms with Crippen LogP contribution in [0.5, 0.6) is 0 Å². The van der Waals surface area contributed by atoms with E-state index in [1.807, 2.05) is 0 Å². The summed E-state index contributed by atoms with van der Waals surface area (Å²) >= 11 is 0. The van der Waals surface area contributed by atoms with Gasteiger partial charge in [0.25, 0.3) is 0 Å². The molecule has 0 aromatic carbocycles. The SMILES string of the molecule is O=C(NC1CC1)C1Cc2nc[nH]c2CN1. The molecule has 1 aromatic heterocycles. The van der Waals surface area contributed by atoms with Crippen LogP contribution in [0.1, 0.15) is 24.2 Å². The van der Waals surface area contributed by atoms with Crippen LogP contribution >= 0.6 is 0 Å². The minimum absolute atomic E-state index is 0.110. The van der Waals surface area contributed by atoms with Crippen molar-refractivity contribution in [1.29, 1.82) is 0 Å². The molecule has 1 atom stereocenters. The van der Waals surface area contributed by atoms with Gasteiger partial charge in [0.2, 0.25) is 5.91 Å². The van der Waals surface area contributed by atoms with Gasteiger partial charge < -0.3 is 10.3 Å². The van der Waals surface area contributed by atoms with Crippen LogP contribution in [0.4, 0.5) is 0 Å². The van der Waals surface area contributed by atoms with E-state index in [2.05, 4.69) is 20.6 Å². The van der Waals surface area contributed by atoms with Gasteiger partial charge in [-0.3, -0.25) is 10.1 Å². The molecule has 1 aliphatic heterocycles. The standard InChI is InChI=1S/C10H14N4O/c15-10(14-6-1-2-6)8-3-7-9(4-11-8)13-5-12-7/h5-6,8,11H,1-4H2,(H,12,13)(H,14,15). The summed E-state index contributed by atoms with van der Waals surface area (Å²) in [5, 5.41) is 6.22. The topological polar surface area (TPSA) is 69.8 Å². The van der Waals surface area contributed by atoms with Crippen molar-refractivity contribution in [2.24, 2.45) is 0 Å². The van der Waals surface area contributed by atoms with Crippen LogP contribution in [-0.2, 0) is 17.8 Å². The largest absolute Gasteiger partial charge is 0.352 e. The molecule has 1 aromatic rings. The van der Waals surface area contributed by atoms with E-state index in [0.29, 0.717) is 19.0 Å². The fourth-order valence-corrected chi connectivity index (χ4v) is 1.88. The average molecular weight is 206 g/mol. The number of nitrogens with zero attached hydrogens (tertiary/aromatic N) is 1. The molecule has 2 aliphatic rings. The summed E-state index contributed by atoms with van der Waals surface area (Å²) in [6.45, 7) is 0.706. The molecule has 0 radical (unpaired) electrons. The van der Waals surface area contributed by atoms with Gasteiger partial charge in [0, 0.05) is 19.0 Å². The highest BCUT2D eigenvalue weighted by Gasteiger charge is 2.30. The number of amides is 1. The minimum Gasteiger partial charge on any atom is -0.352 e. The molecule has 1 amide bonds. The summed E-state index contributed by atoms with van der Waals surface area (Å²) in [5.41, 5.74) is 2.12. The third-order valence-corrected chi connectivity index (χ3v) is 2.97. The molecular formula is C10H14N4O. The van der Waals surface area contributed by atoms with E-state index < -0.39 is 0 Å². The zero-order chi connectivity index (χ0) is 10.3. The number of imidazole rings is 1. The first-order valence-corrected chi connectivity index (χ1v) is 5.38.